The van der Waals surface area contributed by atoms with Crippen molar-refractivity contribution in [3.8, 4) is 5.88 Å². The van der Waals surface area contributed by atoms with E-state index in [1.165, 1.54) is 18.3 Å². The number of nitro groups is 1. The Balaban J connectivity index is 1.94. The minimum absolute atomic E-state index is 0.106. The molecule has 0 saturated heterocycles. The van der Waals surface area contributed by atoms with Gasteiger partial charge in [-0.25, -0.2) is 9.97 Å². The van der Waals surface area contributed by atoms with E-state index in [4.69, 9.17) is 4.74 Å². The first-order valence-corrected chi connectivity index (χ1v) is 7.27. The summed E-state index contributed by atoms with van der Waals surface area (Å²) in [7, 11) is 0. The van der Waals surface area contributed by atoms with E-state index >= 15 is 0 Å². The van der Waals surface area contributed by atoms with Crippen LogP contribution >= 0.6 is 15.9 Å². The maximum Gasteiger partial charge on any atom is 0.421 e. The van der Waals surface area contributed by atoms with E-state index in [0.29, 0.717) is 10.3 Å². The minimum Gasteiger partial charge on any atom is -0.475 e. The molecule has 0 fully saturated rings. The Morgan fingerprint density at radius 1 is 1.38 bits per heavy atom. The first kappa shape index (κ1) is 17.9. The largest absolute Gasteiger partial charge is 0.475 e. The SMILES string of the molecule is O=[N+]([O-])c1cnc(NCCOc2ncccc2C(F)(F)F)c(Br)c1. The van der Waals surface area contributed by atoms with Crippen molar-refractivity contribution in [1.29, 1.82) is 0 Å². The molecule has 24 heavy (non-hydrogen) atoms. The molecule has 0 aliphatic rings. The first-order valence-electron chi connectivity index (χ1n) is 6.48. The van der Waals surface area contributed by atoms with Crippen LogP contribution in [0.1, 0.15) is 5.56 Å². The molecule has 0 spiro atoms. The van der Waals surface area contributed by atoms with E-state index in [1.54, 1.807) is 0 Å². The van der Waals surface area contributed by atoms with Crippen molar-refractivity contribution in [3.63, 3.8) is 0 Å². The van der Waals surface area contributed by atoms with Gasteiger partial charge in [0.05, 0.1) is 15.9 Å². The predicted molar refractivity (Wildman–Crippen MR) is 81.8 cm³/mol. The predicted octanol–water partition coefficient (Wildman–Crippen LogP) is 3.66. The normalized spacial score (nSPS) is 11.2. The number of hydrogen-bond acceptors (Lipinski definition) is 6. The van der Waals surface area contributed by atoms with Crippen molar-refractivity contribution >= 4 is 27.4 Å². The molecule has 2 heterocycles. The highest BCUT2D eigenvalue weighted by atomic mass is 79.9. The highest BCUT2D eigenvalue weighted by Crippen LogP contribution is 2.34. The molecule has 0 unspecified atom stereocenters. The quantitative estimate of drug-likeness (QED) is 0.447. The Labute approximate surface area is 142 Å². The average Bonchev–Trinajstić information content (AvgIpc) is 2.52. The number of anilines is 1. The van der Waals surface area contributed by atoms with Crippen molar-refractivity contribution in [2.75, 3.05) is 18.5 Å². The molecule has 0 aliphatic heterocycles. The summed E-state index contributed by atoms with van der Waals surface area (Å²) >= 11 is 3.12. The maximum atomic E-state index is 12.8. The summed E-state index contributed by atoms with van der Waals surface area (Å²) in [5.41, 5.74) is -1.15. The van der Waals surface area contributed by atoms with Crippen molar-refractivity contribution < 1.29 is 22.8 Å². The highest BCUT2D eigenvalue weighted by molar-refractivity contribution is 9.10. The van der Waals surface area contributed by atoms with Crippen LogP contribution in [-0.4, -0.2) is 28.0 Å². The second kappa shape index (κ2) is 7.43. The van der Waals surface area contributed by atoms with Gasteiger partial charge in [-0.15, -0.1) is 0 Å². The summed E-state index contributed by atoms with van der Waals surface area (Å²) < 4.78 is 43.7. The number of nitrogens with one attached hydrogen (secondary N) is 1. The molecule has 11 heteroatoms. The van der Waals surface area contributed by atoms with Gasteiger partial charge in [0.2, 0.25) is 5.88 Å². The van der Waals surface area contributed by atoms with Gasteiger partial charge in [0.25, 0.3) is 5.69 Å². The first-order chi connectivity index (χ1) is 11.3. The molecule has 0 amide bonds. The van der Waals surface area contributed by atoms with Gasteiger partial charge in [0.15, 0.2) is 0 Å². The van der Waals surface area contributed by atoms with Crippen LogP contribution < -0.4 is 10.1 Å². The fraction of sp³-hybridized carbons (Fsp3) is 0.231. The summed E-state index contributed by atoms with van der Waals surface area (Å²) in [6, 6.07) is 3.31. The Kier molecular flexibility index (Phi) is 5.54. The Bertz CT molecular complexity index is 743. The molecule has 0 aliphatic carbocycles. The van der Waals surface area contributed by atoms with Crippen molar-refractivity contribution in [2.45, 2.75) is 6.18 Å². The Morgan fingerprint density at radius 2 is 2.12 bits per heavy atom. The fourth-order valence-corrected chi connectivity index (χ4v) is 2.17. The number of ether oxygens (including phenoxy) is 1. The fourth-order valence-electron chi connectivity index (χ4n) is 1.70. The van der Waals surface area contributed by atoms with Crippen LogP contribution in [0.4, 0.5) is 24.7 Å². The van der Waals surface area contributed by atoms with Crippen molar-refractivity contribution in [2.24, 2.45) is 0 Å². The maximum absolute atomic E-state index is 12.8. The monoisotopic (exact) mass is 406 g/mol. The number of rotatable bonds is 6. The lowest BCUT2D eigenvalue weighted by Crippen LogP contribution is -2.16. The number of alkyl halides is 3. The summed E-state index contributed by atoms with van der Waals surface area (Å²) in [6.07, 6.45) is -2.29. The average molecular weight is 407 g/mol. The Hall–Kier alpha value is -2.43. The van der Waals surface area contributed by atoms with E-state index in [0.717, 1.165) is 12.3 Å². The van der Waals surface area contributed by atoms with Crippen molar-refractivity contribution in [1.82, 2.24) is 9.97 Å². The zero-order valence-corrected chi connectivity index (χ0v) is 13.5. The van der Waals surface area contributed by atoms with Crippen LogP contribution in [0.3, 0.4) is 0 Å². The molecule has 0 saturated carbocycles. The third kappa shape index (κ3) is 4.54. The molecular formula is C13H10BrF3N4O3. The molecule has 2 aromatic heterocycles. The molecule has 2 aromatic rings. The molecule has 1 N–H and O–H groups in total. The topological polar surface area (TPSA) is 90.2 Å². The van der Waals surface area contributed by atoms with Gasteiger partial charge in [-0.3, -0.25) is 10.1 Å². The summed E-state index contributed by atoms with van der Waals surface area (Å²) in [5.74, 6) is -0.205. The summed E-state index contributed by atoms with van der Waals surface area (Å²) in [5, 5.41) is 13.4. The third-order valence-corrected chi connectivity index (χ3v) is 3.35. The molecule has 7 nitrogen and oxygen atoms in total. The molecule has 2 rings (SSSR count). The molecule has 0 radical (unpaired) electrons. The molecule has 0 aromatic carbocycles. The molecule has 0 bridgehead atoms. The van der Waals surface area contributed by atoms with E-state index in [-0.39, 0.29) is 18.8 Å². The number of pyridine rings is 2. The Morgan fingerprint density at radius 3 is 2.75 bits per heavy atom. The van der Waals surface area contributed by atoms with Crippen LogP contribution in [0, 0.1) is 10.1 Å². The van der Waals surface area contributed by atoms with Crippen molar-refractivity contribution in [3.05, 3.63) is 50.7 Å². The number of aromatic nitrogens is 2. The van der Waals surface area contributed by atoms with Crippen LogP contribution in [0.15, 0.2) is 35.1 Å². The molecular weight excluding hydrogens is 397 g/mol. The second-order valence-corrected chi connectivity index (χ2v) is 5.26. The van der Waals surface area contributed by atoms with Crippen LogP contribution in [0.2, 0.25) is 0 Å². The zero-order valence-electron chi connectivity index (χ0n) is 11.9. The van der Waals surface area contributed by atoms with Gasteiger partial charge in [-0.05, 0) is 28.1 Å². The van der Waals surface area contributed by atoms with E-state index in [2.05, 4.69) is 31.2 Å². The van der Waals surface area contributed by atoms with Gasteiger partial charge in [-0.2, -0.15) is 13.2 Å². The van der Waals surface area contributed by atoms with E-state index < -0.39 is 22.5 Å². The molecule has 0 atom stereocenters. The lowest BCUT2D eigenvalue weighted by Gasteiger charge is -2.13. The number of hydrogen-bond donors (Lipinski definition) is 1. The molecule has 128 valence electrons. The standard InChI is InChI=1S/C13H10BrF3N4O3/c14-10-6-8(21(22)23)7-20-11(10)18-4-5-24-12-9(13(15,16)17)2-1-3-19-12/h1-3,6-7H,4-5H2,(H,18,20). The highest BCUT2D eigenvalue weighted by Gasteiger charge is 2.34. The smallest absolute Gasteiger partial charge is 0.421 e. The third-order valence-electron chi connectivity index (χ3n) is 2.75. The van der Waals surface area contributed by atoms with Crippen LogP contribution in [0.5, 0.6) is 5.88 Å². The number of halogens is 4. The van der Waals surface area contributed by atoms with Gasteiger partial charge in [-0.1, -0.05) is 0 Å². The van der Waals surface area contributed by atoms with Gasteiger partial charge in [0.1, 0.15) is 24.2 Å². The van der Waals surface area contributed by atoms with Gasteiger partial charge in [0, 0.05) is 12.3 Å². The zero-order chi connectivity index (χ0) is 17.7. The van der Waals surface area contributed by atoms with Crippen LogP contribution in [-0.2, 0) is 6.18 Å². The summed E-state index contributed by atoms with van der Waals surface area (Å²) in [6.45, 7) is 0.0164. The second-order valence-electron chi connectivity index (χ2n) is 4.41. The minimum atomic E-state index is -4.56. The van der Waals surface area contributed by atoms with E-state index in [1.807, 2.05) is 0 Å². The van der Waals surface area contributed by atoms with Gasteiger partial charge >= 0.3 is 6.18 Å². The van der Waals surface area contributed by atoms with E-state index in [9.17, 15) is 23.3 Å². The lowest BCUT2D eigenvalue weighted by atomic mass is 10.2. The van der Waals surface area contributed by atoms with Crippen LogP contribution in [0.25, 0.3) is 0 Å². The van der Waals surface area contributed by atoms with Gasteiger partial charge < -0.3 is 10.1 Å². The summed E-state index contributed by atoms with van der Waals surface area (Å²) in [4.78, 5) is 17.4. The lowest BCUT2D eigenvalue weighted by molar-refractivity contribution is -0.385. The number of nitrogens with zero attached hydrogens (tertiary/aromatic N) is 3.